The van der Waals surface area contributed by atoms with Crippen molar-refractivity contribution in [3.63, 3.8) is 0 Å². The topological polar surface area (TPSA) is 102 Å². The van der Waals surface area contributed by atoms with E-state index in [0.717, 1.165) is 40.6 Å². The molecule has 1 aromatic carbocycles. The highest BCUT2D eigenvalue weighted by atomic mass is 16.4. The van der Waals surface area contributed by atoms with E-state index in [1.165, 1.54) is 0 Å². The van der Waals surface area contributed by atoms with Crippen molar-refractivity contribution >= 4 is 22.8 Å². The monoisotopic (exact) mass is 467 g/mol. The zero-order chi connectivity index (χ0) is 24.0. The van der Waals surface area contributed by atoms with Crippen molar-refractivity contribution in [2.24, 2.45) is 17.9 Å². The van der Waals surface area contributed by atoms with Gasteiger partial charge in [-0.2, -0.15) is 5.10 Å². The minimum Gasteiger partial charge on any atom is -0.481 e. The Kier molecular flexibility index (Phi) is 3.85. The molecule has 0 bridgehead atoms. The Morgan fingerprint density at radius 3 is 2.54 bits per heavy atom. The Hall–Kier alpha value is -3.94. The van der Waals surface area contributed by atoms with Gasteiger partial charge in [0.15, 0.2) is 0 Å². The van der Waals surface area contributed by atoms with E-state index in [1.54, 1.807) is 4.68 Å². The zero-order valence-corrected chi connectivity index (χ0v) is 19.4. The van der Waals surface area contributed by atoms with E-state index in [0.29, 0.717) is 24.9 Å². The number of carboxylic acids is 1. The number of aromatic nitrogens is 4. The molecule has 0 aliphatic heterocycles. The molecule has 2 N–H and O–H groups in total. The SMILES string of the molecule is Cn1cc(-c2ccc(Cn3ccc4cccc(C(=O)NC5(C67CC6(C(=O)O)C7)CC5)c43)nc2)cn1. The maximum Gasteiger partial charge on any atom is 0.310 e. The van der Waals surface area contributed by atoms with Crippen LogP contribution >= 0.6 is 0 Å². The maximum atomic E-state index is 13.5. The van der Waals surface area contributed by atoms with Crippen molar-refractivity contribution in [3.8, 4) is 11.1 Å². The number of amides is 1. The summed E-state index contributed by atoms with van der Waals surface area (Å²) in [6, 6.07) is 11.8. The summed E-state index contributed by atoms with van der Waals surface area (Å²) in [4.78, 5) is 29.8. The molecule has 3 aromatic heterocycles. The number of nitrogens with one attached hydrogen (secondary N) is 1. The molecule has 4 aromatic rings. The average molecular weight is 468 g/mol. The molecule has 7 rings (SSSR count). The number of carboxylic acid groups (broad SMARTS) is 1. The lowest BCUT2D eigenvalue weighted by Gasteiger charge is -2.21. The van der Waals surface area contributed by atoms with Gasteiger partial charge in [0.25, 0.3) is 5.91 Å². The second kappa shape index (κ2) is 6.59. The molecule has 3 heterocycles. The van der Waals surface area contributed by atoms with Gasteiger partial charge in [0.05, 0.1) is 34.9 Å². The molecule has 0 spiro atoms. The molecule has 8 nitrogen and oxygen atoms in total. The van der Waals surface area contributed by atoms with Crippen LogP contribution in [0.15, 0.2) is 61.2 Å². The van der Waals surface area contributed by atoms with Crippen LogP contribution in [0.5, 0.6) is 0 Å². The average Bonchev–Trinajstić information content (AvgIpc) is 3.76. The van der Waals surface area contributed by atoms with E-state index < -0.39 is 11.4 Å². The van der Waals surface area contributed by atoms with Gasteiger partial charge in [0, 0.05) is 53.1 Å². The number of aliphatic carboxylic acids is 1. The van der Waals surface area contributed by atoms with Gasteiger partial charge >= 0.3 is 5.97 Å². The van der Waals surface area contributed by atoms with Crippen molar-refractivity contribution in [3.05, 3.63) is 72.4 Å². The second-order valence-electron chi connectivity index (χ2n) is 10.5. The Bertz CT molecular complexity index is 1520. The van der Waals surface area contributed by atoms with Crippen LogP contribution in [0.25, 0.3) is 22.0 Å². The van der Waals surface area contributed by atoms with Crippen LogP contribution in [0.4, 0.5) is 0 Å². The van der Waals surface area contributed by atoms with Crippen LogP contribution in [-0.2, 0) is 18.4 Å². The summed E-state index contributed by atoms with van der Waals surface area (Å²) in [6.07, 6.45) is 10.7. The largest absolute Gasteiger partial charge is 0.481 e. The molecule has 8 heteroatoms. The van der Waals surface area contributed by atoms with E-state index in [2.05, 4.69) is 20.0 Å². The number of rotatable bonds is 7. The summed E-state index contributed by atoms with van der Waals surface area (Å²) in [5, 5.41) is 18.1. The lowest BCUT2D eigenvalue weighted by molar-refractivity contribution is -0.141. The number of pyridine rings is 1. The van der Waals surface area contributed by atoms with Gasteiger partial charge in [-0.15, -0.1) is 0 Å². The van der Waals surface area contributed by atoms with Crippen LogP contribution < -0.4 is 5.32 Å². The van der Waals surface area contributed by atoms with Gasteiger partial charge in [-0.3, -0.25) is 19.3 Å². The van der Waals surface area contributed by atoms with Gasteiger partial charge in [0.1, 0.15) is 0 Å². The second-order valence-corrected chi connectivity index (χ2v) is 10.5. The van der Waals surface area contributed by atoms with Crippen molar-refractivity contribution in [2.45, 2.75) is 37.8 Å². The van der Waals surface area contributed by atoms with Crippen molar-refractivity contribution in [1.29, 1.82) is 0 Å². The molecule has 0 saturated heterocycles. The highest BCUT2D eigenvalue weighted by Gasteiger charge is 2.95. The Morgan fingerprint density at radius 1 is 1.09 bits per heavy atom. The number of hydrogen-bond acceptors (Lipinski definition) is 4. The Morgan fingerprint density at radius 2 is 1.91 bits per heavy atom. The van der Waals surface area contributed by atoms with E-state index >= 15 is 0 Å². The van der Waals surface area contributed by atoms with Crippen LogP contribution in [0.2, 0.25) is 0 Å². The third kappa shape index (κ3) is 2.79. The fraction of sp³-hybridized carbons (Fsp3) is 0.333. The first-order valence-electron chi connectivity index (χ1n) is 11.9. The van der Waals surface area contributed by atoms with E-state index in [9.17, 15) is 14.7 Å². The van der Waals surface area contributed by atoms with Crippen molar-refractivity contribution in [1.82, 2.24) is 24.6 Å². The molecule has 3 aliphatic rings. The molecular formula is C27H25N5O3. The first-order valence-corrected chi connectivity index (χ1v) is 11.9. The predicted octanol–water partition coefficient (Wildman–Crippen LogP) is 3.61. The third-order valence-electron chi connectivity index (χ3n) is 8.53. The number of carbonyl (C=O) groups excluding carboxylic acids is 1. The van der Waals surface area contributed by atoms with Crippen LogP contribution in [0.1, 0.15) is 41.7 Å². The van der Waals surface area contributed by atoms with Gasteiger partial charge in [0.2, 0.25) is 0 Å². The molecule has 1 amide bonds. The summed E-state index contributed by atoms with van der Waals surface area (Å²) >= 11 is 0. The summed E-state index contributed by atoms with van der Waals surface area (Å²) in [5.41, 5.74) is 3.23. The maximum absolute atomic E-state index is 13.5. The number of fused-ring (bicyclic) bond motifs is 2. The van der Waals surface area contributed by atoms with Gasteiger partial charge in [-0.25, -0.2) is 0 Å². The quantitative estimate of drug-likeness (QED) is 0.432. The molecule has 3 aliphatic carbocycles. The van der Waals surface area contributed by atoms with Crippen LogP contribution in [0, 0.1) is 10.8 Å². The van der Waals surface area contributed by atoms with Crippen LogP contribution in [0.3, 0.4) is 0 Å². The van der Waals surface area contributed by atoms with E-state index in [1.807, 2.05) is 68.2 Å². The van der Waals surface area contributed by atoms with Crippen LogP contribution in [-0.4, -0.2) is 41.9 Å². The van der Waals surface area contributed by atoms with Crippen molar-refractivity contribution in [2.75, 3.05) is 0 Å². The predicted molar refractivity (Wildman–Crippen MR) is 129 cm³/mol. The molecular weight excluding hydrogens is 442 g/mol. The summed E-state index contributed by atoms with van der Waals surface area (Å²) in [6.45, 7) is 0.540. The number of aryl methyl sites for hydroxylation is 1. The molecule has 176 valence electrons. The van der Waals surface area contributed by atoms with E-state index in [4.69, 9.17) is 0 Å². The summed E-state index contributed by atoms with van der Waals surface area (Å²) in [7, 11) is 1.89. The van der Waals surface area contributed by atoms with Gasteiger partial charge in [-0.1, -0.05) is 18.2 Å². The first-order chi connectivity index (χ1) is 16.9. The smallest absolute Gasteiger partial charge is 0.310 e. The molecule has 0 atom stereocenters. The normalized spacial score (nSPS) is 25.2. The number of para-hydroxylation sites is 1. The standard InChI is InChI=1S/C27H25N5O3/c1-31-13-19(12-29-31)18-5-6-20(28-11-18)14-32-10-7-17-3-2-4-21(22(17)32)23(33)30-27(8-9-27)26-15-25(26,16-26)24(34)35/h2-7,10-13H,8-9,14-16H2,1H3,(H,30,33)(H,34,35). The Labute approximate surface area is 201 Å². The van der Waals surface area contributed by atoms with Crippen molar-refractivity contribution < 1.29 is 14.7 Å². The number of hydrogen-bond donors (Lipinski definition) is 2. The summed E-state index contributed by atoms with van der Waals surface area (Å²) in [5.74, 6) is -0.837. The minimum atomic E-state index is -0.712. The minimum absolute atomic E-state index is 0.125. The molecule has 3 saturated carbocycles. The lowest BCUT2D eigenvalue weighted by atomic mass is 10.0. The molecule has 35 heavy (non-hydrogen) atoms. The molecule has 0 radical (unpaired) electrons. The Balaban J connectivity index is 1.15. The number of carbonyl (C=O) groups is 2. The number of benzene rings is 1. The number of nitrogens with zero attached hydrogens (tertiary/aromatic N) is 4. The lowest BCUT2D eigenvalue weighted by Crippen LogP contribution is -2.41. The highest BCUT2D eigenvalue weighted by Crippen LogP contribution is 2.93. The fourth-order valence-corrected chi connectivity index (χ4v) is 6.19. The van der Waals surface area contributed by atoms with E-state index in [-0.39, 0.29) is 16.9 Å². The molecule has 0 unspecified atom stereocenters. The molecule has 3 fully saturated rings. The third-order valence-corrected chi connectivity index (χ3v) is 8.53. The van der Waals surface area contributed by atoms with Gasteiger partial charge < -0.3 is 15.0 Å². The highest BCUT2D eigenvalue weighted by molar-refractivity contribution is 6.06. The summed E-state index contributed by atoms with van der Waals surface area (Å²) < 4.78 is 3.82. The fourth-order valence-electron chi connectivity index (χ4n) is 6.19. The first kappa shape index (κ1) is 20.4. The zero-order valence-electron chi connectivity index (χ0n) is 19.4. The van der Waals surface area contributed by atoms with Gasteiger partial charge in [-0.05, 0) is 43.9 Å².